The smallest absolute Gasteiger partial charge is 0.230 e. The number of para-hydroxylation sites is 1. The molecule has 4 rings (SSSR count). The first kappa shape index (κ1) is 15.9. The van der Waals surface area contributed by atoms with E-state index in [1.807, 2.05) is 42.2 Å². The van der Waals surface area contributed by atoms with Crippen LogP contribution in [-0.2, 0) is 24.4 Å². The maximum absolute atomic E-state index is 12.9. The lowest BCUT2D eigenvalue weighted by molar-refractivity contribution is -0.133. The minimum atomic E-state index is -0.182. The fourth-order valence-corrected chi connectivity index (χ4v) is 3.71. The van der Waals surface area contributed by atoms with E-state index < -0.39 is 0 Å². The second-order valence-corrected chi connectivity index (χ2v) is 6.76. The highest BCUT2D eigenvalue weighted by atomic mass is 16.3. The van der Waals surface area contributed by atoms with E-state index in [4.69, 9.17) is 5.11 Å². The number of fused-ring (bicyclic) bond motifs is 3. The van der Waals surface area contributed by atoms with Gasteiger partial charge in [-0.25, -0.2) is 0 Å². The van der Waals surface area contributed by atoms with Gasteiger partial charge in [0.05, 0.1) is 19.1 Å². The normalized spacial score (nSPS) is 15.2. The van der Waals surface area contributed by atoms with E-state index in [9.17, 15) is 4.79 Å². The predicted octanol–water partition coefficient (Wildman–Crippen LogP) is 3.35. The van der Waals surface area contributed by atoms with Crippen LogP contribution in [0.5, 0.6) is 0 Å². The lowest BCUT2D eigenvalue weighted by Gasteiger charge is -2.29. The number of hydrogen-bond acceptors (Lipinski definition) is 2. The third kappa shape index (κ3) is 2.83. The van der Waals surface area contributed by atoms with Crippen LogP contribution in [-0.4, -0.2) is 27.4 Å². The van der Waals surface area contributed by atoms with Crippen LogP contribution in [0.1, 0.15) is 35.2 Å². The molecule has 1 unspecified atom stereocenters. The number of nitrogens with zero attached hydrogens (tertiary/aromatic N) is 1. The highest BCUT2D eigenvalue weighted by Gasteiger charge is 2.27. The summed E-state index contributed by atoms with van der Waals surface area (Å²) < 4.78 is 0. The molecule has 1 amide bonds. The lowest BCUT2D eigenvalue weighted by Crippen LogP contribution is -2.38. The largest absolute Gasteiger partial charge is 0.392 e. The van der Waals surface area contributed by atoms with Gasteiger partial charge in [-0.15, -0.1) is 0 Å². The number of aromatic amines is 1. The van der Waals surface area contributed by atoms with Crippen LogP contribution >= 0.6 is 0 Å². The van der Waals surface area contributed by atoms with Gasteiger partial charge >= 0.3 is 0 Å². The topological polar surface area (TPSA) is 56.3 Å². The Balaban J connectivity index is 1.54. The van der Waals surface area contributed by atoms with Crippen molar-refractivity contribution in [2.45, 2.75) is 32.4 Å². The fraction of sp³-hybridized carbons (Fsp3) is 0.286. The van der Waals surface area contributed by atoms with Gasteiger partial charge in [0.15, 0.2) is 0 Å². The van der Waals surface area contributed by atoms with E-state index in [0.717, 1.165) is 35.3 Å². The first-order valence-corrected chi connectivity index (χ1v) is 8.74. The highest BCUT2D eigenvalue weighted by molar-refractivity contribution is 5.87. The number of hydrogen-bond donors (Lipinski definition) is 2. The van der Waals surface area contributed by atoms with Crippen molar-refractivity contribution >= 4 is 16.8 Å². The summed E-state index contributed by atoms with van der Waals surface area (Å²) in [7, 11) is 0. The fourth-order valence-electron chi connectivity index (χ4n) is 3.71. The van der Waals surface area contributed by atoms with Crippen molar-refractivity contribution in [3.63, 3.8) is 0 Å². The van der Waals surface area contributed by atoms with Crippen LogP contribution in [0.4, 0.5) is 0 Å². The molecular formula is C21H22N2O2. The molecule has 0 bridgehead atoms. The summed E-state index contributed by atoms with van der Waals surface area (Å²) in [5, 5.41) is 10.4. The number of aliphatic hydroxyl groups excluding tert-OH is 1. The van der Waals surface area contributed by atoms with E-state index >= 15 is 0 Å². The third-order valence-corrected chi connectivity index (χ3v) is 5.23. The first-order valence-electron chi connectivity index (χ1n) is 8.74. The molecule has 4 nitrogen and oxygen atoms in total. The molecule has 2 N–H and O–H groups in total. The summed E-state index contributed by atoms with van der Waals surface area (Å²) in [5.74, 6) is -0.0280. The molecule has 0 saturated carbocycles. The van der Waals surface area contributed by atoms with Gasteiger partial charge in [-0.3, -0.25) is 4.79 Å². The first-order chi connectivity index (χ1) is 12.2. The van der Waals surface area contributed by atoms with Crippen LogP contribution < -0.4 is 0 Å². The van der Waals surface area contributed by atoms with Crippen molar-refractivity contribution in [1.82, 2.24) is 9.88 Å². The van der Waals surface area contributed by atoms with Crippen molar-refractivity contribution in [1.29, 1.82) is 0 Å². The highest BCUT2D eigenvalue weighted by Crippen LogP contribution is 2.29. The van der Waals surface area contributed by atoms with Gasteiger partial charge in [0.2, 0.25) is 5.91 Å². The quantitative estimate of drug-likeness (QED) is 0.772. The summed E-state index contributed by atoms with van der Waals surface area (Å²) >= 11 is 0. The second-order valence-electron chi connectivity index (χ2n) is 6.76. The maximum Gasteiger partial charge on any atom is 0.230 e. The van der Waals surface area contributed by atoms with Gasteiger partial charge in [-0.05, 0) is 36.1 Å². The molecule has 0 fully saturated rings. The van der Waals surface area contributed by atoms with Crippen LogP contribution in [0.15, 0.2) is 48.5 Å². The standard InChI is InChI=1S/C21H22N2O2/c1-14(16-8-6-15(13-24)7-9-16)21(25)23-11-10-18-17-4-2-3-5-19(17)22-20(18)12-23/h2-9,14,22,24H,10-13H2,1H3. The number of carbonyl (C=O) groups is 1. The van der Waals surface area contributed by atoms with Gasteiger partial charge in [-0.2, -0.15) is 0 Å². The zero-order valence-electron chi connectivity index (χ0n) is 14.3. The minimum Gasteiger partial charge on any atom is -0.392 e. The number of amides is 1. The molecule has 1 aromatic heterocycles. The molecule has 4 heteroatoms. The molecule has 128 valence electrons. The van der Waals surface area contributed by atoms with E-state index in [1.165, 1.54) is 10.9 Å². The Morgan fingerprint density at radius 2 is 1.96 bits per heavy atom. The average Bonchev–Trinajstić information content (AvgIpc) is 3.04. The Hall–Kier alpha value is -2.59. The molecule has 1 aliphatic heterocycles. The predicted molar refractivity (Wildman–Crippen MR) is 98.2 cm³/mol. The molecule has 0 aliphatic carbocycles. The zero-order valence-corrected chi connectivity index (χ0v) is 14.3. The van der Waals surface area contributed by atoms with Crippen molar-refractivity contribution in [3.05, 3.63) is 70.9 Å². The maximum atomic E-state index is 12.9. The van der Waals surface area contributed by atoms with Gasteiger partial charge in [0, 0.05) is 23.1 Å². The molecular weight excluding hydrogens is 312 g/mol. The van der Waals surface area contributed by atoms with E-state index in [2.05, 4.69) is 23.2 Å². The number of H-pyrrole nitrogens is 1. The van der Waals surface area contributed by atoms with E-state index in [1.54, 1.807) is 0 Å². The van der Waals surface area contributed by atoms with Gasteiger partial charge in [-0.1, -0.05) is 42.5 Å². The number of nitrogens with one attached hydrogen (secondary N) is 1. The van der Waals surface area contributed by atoms with Crippen LogP contribution in [0.3, 0.4) is 0 Å². The van der Waals surface area contributed by atoms with Crippen molar-refractivity contribution in [2.24, 2.45) is 0 Å². The van der Waals surface area contributed by atoms with Gasteiger partial charge in [0.25, 0.3) is 0 Å². The third-order valence-electron chi connectivity index (χ3n) is 5.23. The molecule has 2 aromatic carbocycles. The number of aliphatic hydroxyl groups is 1. The van der Waals surface area contributed by atoms with E-state index in [-0.39, 0.29) is 18.4 Å². The van der Waals surface area contributed by atoms with Gasteiger partial charge in [0.1, 0.15) is 0 Å². The Morgan fingerprint density at radius 1 is 1.20 bits per heavy atom. The summed E-state index contributed by atoms with van der Waals surface area (Å²) in [6, 6.07) is 16.0. The average molecular weight is 334 g/mol. The number of benzene rings is 2. The summed E-state index contributed by atoms with van der Waals surface area (Å²) in [5.41, 5.74) is 5.51. The van der Waals surface area contributed by atoms with Crippen LogP contribution in [0, 0.1) is 0 Å². The summed E-state index contributed by atoms with van der Waals surface area (Å²) in [6.07, 6.45) is 0.890. The summed E-state index contributed by atoms with van der Waals surface area (Å²) in [6.45, 7) is 3.38. The molecule has 3 aromatic rings. The molecule has 1 aliphatic rings. The second kappa shape index (κ2) is 6.37. The molecule has 0 saturated heterocycles. The lowest BCUT2D eigenvalue weighted by atomic mass is 9.96. The Labute approximate surface area is 147 Å². The monoisotopic (exact) mass is 334 g/mol. The van der Waals surface area contributed by atoms with Crippen molar-refractivity contribution in [2.75, 3.05) is 6.54 Å². The number of carbonyl (C=O) groups excluding carboxylic acids is 1. The van der Waals surface area contributed by atoms with Crippen molar-refractivity contribution < 1.29 is 9.90 Å². The molecule has 25 heavy (non-hydrogen) atoms. The van der Waals surface area contributed by atoms with E-state index in [0.29, 0.717) is 6.54 Å². The molecule has 2 heterocycles. The van der Waals surface area contributed by atoms with Crippen molar-refractivity contribution in [3.8, 4) is 0 Å². The Bertz CT molecular complexity index is 911. The molecule has 1 atom stereocenters. The minimum absolute atomic E-state index is 0.0257. The Morgan fingerprint density at radius 3 is 2.72 bits per heavy atom. The van der Waals surface area contributed by atoms with Crippen LogP contribution in [0.2, 0.25) is 0 Å². The molecule has 0 spiro atoms. The number of rotatable bonds is 3. The van der Waals surface area contributed by atoms with Gasteiger partial charge < -0.3 is 15.0 Å². The SMILES string of the molecule is CC(C(=O)N1CCc2c([nH]c3ccccc23)C1)c1ccc(CO)cc1. The Kier molecular flexibility index (Phi) is 4.06. The van der Waals surface area contributed by atoms with Crippen LogP contribution in [0.25, 0.3) is 10.9 Å². The number of aromatic nitrogens is 1. The zero-order chi connectivity index (χ0) is 17.4. The molecule has 0 radical (unpaired) electrons. The summed E-state index contributed by atoms with van der Waals surface area (Å²) in [4.78, 5) is 18.4.